The number of ether oxygens (including phenoxy) is 2. The summed E-state index contributed by atoms with van der Waals surface area (Å²) in [5.74, 6) is 1.07. The van der Waals surface area contributed by atoms with Crippen molar-refractivity contribution < 1.29 is 19.2 Å². The predicted molar refractivity (Wildman–Crippen MR) is 95.8 cm³/mol. The van der Waals surface area contributed by atoms with Gasteiger partial charge in [0, 0.05) is 29.2 Å². The van der Waals surface area contributed by atoms with Gasteiger partial charge in [0.05, 0.1) is 4.92 Å². The van der Waals surface area contributed by atoms with Gasteiger partial charge in [-0.2, -0.15) is 0 Å². The molecule has 1 amide bonds. The molecule has 0 aliphatic carbocycles. The second kappa shape index (κ2) is 6.67. The van der Waals surface area contributed by atoms with Gasteiger partial charge in [0.25, 0.3) is 11.6 Å². The molecule has 0 aromatic heterocycles. The minimum atomic E-state index is -0.483. The molecule has 0 fully saturated rings. The molecular weight excluding hydrogens is 336 g/mol. The minimum absolute atomic E-state index is 0.0623. The van der Waals surface area contributed by atoms with Crippen molar-refractivity contribution in [3.63, 3.8) is 0 Å². The van der Waals surface area contributed by atoms with Crippen molar-refractivity contribution in [1.82, 2.24) is 5.32 Å². The molecule has 0 bridgehead atoms. The summed E-state index contributed by atoms with van der Waals surface area (Å²) in [7, 11) is 0. The topological polar surface area (TPSA) is 90.7 Å². The molecule has 7 heteroatoms. The highest BCUT2D eigenvalue weighted by Gasteiger charge is 2.26. The Labute approximate surface area is 151 Å². The molecule has 0 radical (unpaired) electrons. The first-order valence-corrected chi connectivity index (χ1v) is 8.22. The molecule has 0 atom stereocenters. The van der Waals surface area contributed by atoms with Gasteiger partial charge in [0.15, 0.2) is 11.5 Å². The fourth-order valence-corrected chi connectivity index (χ4v) is 2.88. The van der Waals surface area contributed by atoms with Crippen molar-refractivity contribution in [2.75, 3.05) is 13.3 Å². The summed E-state index contributed by atoms with van der Waals surface area (Å²) in [4.78, 5) is 23.1. The van der Waals surface area contributed by atoms with Crippen LogP contribution >= 0.6 is 0 Å². The summed E-state index contributed by atoms with van der Waals surface area (Å²) >= 11 is 0. The zero-order chi connectivity index (χ0) is 18.9. The SMILES string of the molecule is Cc1c(C(=O)NCC(C)(C)c2ccc3c(c2)OCO3)cccc1[N+](=O)[O-]. The summed E-state index contributed by atoms with van der Waals surface area (Å²) in [6.45, 7) is 6.17. The van der Waals surface area contributed by atoms with Crippen LogP contribution in [0.2, 0.25) is 0 Å². The number of rotatable bonds is 5. The van der Waals surface area contributed by atoms with E-state index in [1.165, 1.54) is 12.1 Å². The second-order valence-corrected chi connectivity index (χ2v) is 6.84. The van der Waals surface area contributed by atoms with E-state index in [1.54, 1.807) is 13.0 Å². The van der Waals surface area contributed by atoms with Crippen molar-refractivity contribution in [3.8, 4) is 11.5 Å². The maximum absolute atomic E-state index is 12.5. The van der Waals surface area contributed by atoms with Crippen molar-refractivity contribution in [2.24, 2.45) is 0 Å². The third-order valence-electron chi connectivity index (χ3n) is 4.59. The van der Waals surface area contributed by atoms with Crippen molar-refractivity contribution >= 4 is 11.6 Å². The largest absolute Gasteiger partial charge is 0.454 e. The van der Waals surface area contributed by atoms with E-state index in [9.17, 15) is 14.9 Å². The molecule has 7 nitrogen and oxygen atoms in total. The average Bonchev–Trinajstić information content (AvgIpc) is 3.07. The summed E-state index contributed by atoms with van der Waals surface area (Å²) in [5.41, 5.74) is 1.24. The number of carbonyl (C=O) groups is 1. The molecule has 0 spiro atoms. The summed E-state index contributed by atoms with van der Waals surface area (Å²) in [6, 6.07) is 10.2. The lowest BCUT2D eigenvalue weighted by molar-refractivity contribution is -0.385. The summed E-state index contributed by atoms with van der Waals surface area (Å²) in [5, 5.41) is 13.9. The zero-order valence-electron chi connectivity index (χ0n) is 14.9. The van der Waals surface area contributed by atoms with Gasteiger partial charge in [0.1, 0.15) is 0 Å². The Morgan fingerprint density at radius 3 is 2.69 bits per heavy atom. The number of hydrogen-bond donors (Lipinski definition) is 1. The van der Waals surface area contributed by atoms with Crippen LogP contribution in [0.4, 0.5) is 5.69 Å². The normalized spacial score (nSPS) is 12.7. The van der Waals surface area contributed by atoms with Gasteiger partial charge in [-0.15, -0.1) is 0 Å². The maximum atomic E-state index is 12.5. The van der Waals surface area contributed by atoms with E-state index in [4.69, 9.17) is 9.47 Å². The molecule has 1 N–H and O–H groups in total. The Morgan fingerprint density at radius 2 is 1.96 bits per heavy atom. The van der Waals surface area contributed by atoms with Crippen LogP contribution < -0.4 is 14.8 Å². The van der Waals surface area contributed by atoms with Crippen LogP contribution in [0.1, 0.15) is 35.3 Å². The van der Waals surface area contributed by atoms with Gasteiger partial charge >= 0.3 is 0 Å². The standard InChI is InChI=1S/C19H20N2O5/c1-12-14(5-4-6-15(12)21(23)24)18(22)20-10-19(2,3)13-7-8-16-17(9-13)26-11-25-16/h4-9H,10-11H2,1-3H3,(H,20,22). The maximum Gasteiger partial charge on any atom is 0.273 e. The quantitative estimate of drug-likeness (QED) is 0.655. The fraction of sp³-hybridized carbons (Fsp3) is 0.316. The highest BCUT2D eigenvalue weighted by atomic mass is 16.7. The van der Waals surface area contributed by atoms with Crippen LogP contribution in [-0.2, 0) is 5.41 Å². The van der Waals surface area contributed by atoms with Crippen molar-refractivity contribution in [1.29, 1.82) is 0 Å². The molecule has 136 valence electrons. The lowest BCUT2D eigenvalue weighted by atomic mass is 9.84. The predicted octanol–water partition coefficient (Wildman–Crippen LogP) is 3.34. The third-order valence-corrected chi connectivity index (χ3v) is 4.59. The molecule has 1 aliphatic heterocycles. The molecule has 2 aromatic carbocycles. The number of benzene rings is 2. The Balaban J connectivity index is 1.75. The number of amides is 1. The Kier molecular flexibility index (Phi) is 4.54. The fourth-order valence-electron chi connectivity index (χ4n) is 2.88. The van der Waals surface area contributed by atoms with Crippen LogP contribution in [0.3, 0.4) is 0 Å². The number of hydrogen-bond acceptors (Lipinski definition) is 5. The van der Waals surface area contributed by atoms with E-state index < -0.39 is 4.92 Å². The lowest BCUT2D eigenvalue weighted by Crippen LogP contribution is -2.37. The number of nitrogens with zero attached hydrogens (tertiary/aromatic N) is 1. The van der Waals surface area contributed by atoms with Crippen LogP contribution in [0.15, 0.2) is 36.4 Å². The third kappa shape index (κ3) is 3.33. The van der Waals surface area contributed by atoms with Gasteiger partial charge in [0.2, 0.25) is 6.79 Å². The number of nitrogens with one attached hydrogen (secondary N) is 1. The molecule has 1 aliphatic rings. The molecule has 26 heavy (non-hydrogen) atoms. The zero-order valence-corrected chi connectivity index (χ0v) is 14.9. The van der Waals surface area contributed by atoms with Gasteiger partial charge in [-0.1, -0.05) is 26.0 Å². The molecule has 0 saturated carbocycles. The first kappa shape index (κ1) is 17.7. The number of nitro groups is 1. The van der Waals surface area contributed by atoms with Gasteiger partial charge in [-0.3, -0.25) is 14.9 Å². The van der Waals surface area contributed by atoms with Gasteiger partial charge in [-0.05, 0) is 30.7 Å². The molecule has 3 rings (SSSR count). The van der Waals surface area contributed by atoms with E-state index in [0.29, 0.717) is 29.2 Å². The lowest BCUT2D eigenvalue weighted by Gasteiger charge is -2.26. The number of nitro benzene ring substituents is 1. The number of fused-ring (bicyclic) bond motifs is 1. The van der Waals surface area contributed by atoms with Crippen LogP contribution in [0.5, 0.6) is 11.5 Å². The van der Waals surface area contributed by atoms with E-state index in [0.717, 1.165) is 5.56 Å². The van der Waals surface area contributed by atoms with E-state index >= 15 is 0 Å². The van der Waals surface area contributed by atoms with Crippen LogP contribution in [-0.4, -0.2) is 24.2 Å². The summed E-state index contributed by atoms with van der Waals surface area (Å²) < 4.78 is 10.7. The minimum Gasteiger partial charge on any atom is -0.454 e. The smallest absolute Gasteiger partial charge is 0.273 e. The first-order valence-electron chi connectivity index (χ1n) is 8.22. The van der Waals surface area contributed by atoms with Crippen LogP contribution in [0.25, 0.3) is 0 Å². The van der Waals surface area contributed by atoms with E-state index in [-0.39, 0.29) is 23.8 Å². The van der Waals surface area contributed by atoms with Crippen molar-refractivity contribution in [3.05, 3.63) is 63.2 Å². The Hall–Kier alpha value is -3.09. The second-order valence-electron chi connectivity index (χ2n) is 6.84. The van der Waals surface area contributed by atoms with Gasteiger partial charge in [-0.25, -0.2) is 0 Å². The van der Waals surface area contributed by atoms with Crippen molar-refractivity contribution in [2.45, 2.75) is 26.2 Å². The Morgan fingerprint density at radius 1 is 1.23 bits per heavy atom. The molecule has 1 heterocycles. The molecular formula is C19H20N2O5. The molecule has 0 saturated heterocycles. The van der Waals surface area contributed by atoms with Gasteiger partial charge < -0.3 is 14.8 Å². The van der Waals surface area contributed by atoms with E-state index in [1.807, 2.05) is 32.0 Å². The van der Waals surface area contributed by atoms with Crippen LogP contribution in [0, 0.1) is 17.0 Å². The average molecular weight is 356 g/mol. The molecule has 2 aromatic rings. The number of carbonyl (C=O) groups excluding carboxylic acids is 1. The Bertz CT molecular complexity index is 876. The monoisotopic (exact) mass is 356 g/mol. The highest BCUT2D eigenvalue weighted by Crippen LogP contribution is 2.36. The highest BCUT2D eigenvalue weighted by molar-refractivity contribution is 5.96. The summed E-state index contributed by atoms with van der Waals surface area (Å²) in [6.07, 6.45) is 0. The van der Waals surface area contributed by atoms with E-state index in [2.05, 4.69) is 5.32 Å². The first-order chi connectivity index (χ1) is 12.3. The molecule has 0 unspecified atom stereocenters.